The Balaban J connectivity index is 1.76. The second-order valence-electron chi connectivity index (χ2n) is 4.69. The number of nitrogens with one attached hydrogen (secondary N) is 2. The van der Waals surface area contributed by atoms with Crippen molar-refractivity contribution < 1.29 is 0 Å². The van der Waals surface area contributed by atoms with Crippen LogP contribution >= 0.6 is 23.6 Å². The highest BCUT2D eigenvalue weighted by atomic mass is 32.1. The van der Waals surface area contributed by atoms with Crippen LogP contribution in [0.15, 0.2) is 17.5 Å². The first-order valence-electron chi connectivity index (χ1n) is 6.36. The highest BCUT2D eigenvalue weighted by Gasteiger charge is 2.15. The standard InChI is InChI=1S/C13H20N2S2/c1-10(12-8-5-9-17-12)14-13(16)15-11-6-3-2-4-7-11/h5,8-11H,2-4,6-7H2,1H3,(H2,14,15,16). The molecule has 4 heteroatoms. The van der Waals surface area contributed by atoms with Gasteiger partial charge in [0.05, 0.1) is 6.04 Å². The van der Waals surface area contributed by atoms with Gasteiger partial charge in [0, 0.05) is 10.9 Å². The van der Waals surface area contributed by atoms with E-state index < -0.39 is 0 Å². The molecular formula is C13H20N2S2. The van der Waals surface area contributed by atoms with Crippen molar-refractivity contribution in [3.05, 3.63) is 22.4 Å². The minimum Gasteiger partial charge on any atom is -0.360 e. The average molecular weight is 268 g/mol. The van der Waals surface area contributed by atoms with E-state index in [2.05, 4.69) is 35.1 Å². The van der Waals surface area contributed by atoms with Crippen molar-refractivity contribution in [2.24, 2.45) is 0 Å². The third kappa shape index (κ3) is 3.96. The van der Waals surface area contributed by atoms with Crippen molar-refractivity contribution in [3.63, 3.8) is 0 Å². The Bertz CT molecular complexity index is 342. The molecule has 1 atom stereocenters. The monoisotopic (exact) mass is 268 g/mol. The van der Waals surface area contributed by atoms with Gasteiger partial charge in [0.25, 0.3) is 0 Å². The van der Waals surface area contributed by atoms with E-state index in [1.807, 2.05) is 0 Å². The molecule has 0 aliphatic heterocycles. The van der Waals surface area contributed by atoms with Gasteiger partial charge in [-0.05, 0) is 43.4 Å². The molecule has 1 fully saturated rings. The van der Waals surface area contributed by atoms with Crippen LogP contribution in [0.25, 0.3) is 0 Å². The molecule has 94 valence electrons. The Labute approximate surface area is 113 Å². The first-order chi connectivity index (χ1) is 8.25. The summed E-state index contributed by atoms with van der Waals surface area (Å²) in [6, 6.07) is 5.11. The van der Waals surface area contributed by atoms with E-state index in [9.17, 15) is 0 Å². The summed E-state index contributed by atoms with van der Waals surface area (Å²) >= 11 is 7.14. The molecule has 1 unspecified atom stereocenters. The van der Waals surface area contributed by atoms with E-state index in [4.69, 9.17) is 12.2 Å². The van der Waals surface area contributed by atoms with Crippen molar-refractivity contribution in [3.8, 4) is 0 Å². The molecule has 1 aliphatic carbocycles. The van der Waals surface area contributed by atoms with Crippen LogP contribution in [0.3, 0.4) is 0 Å². The highest BCUT2D eigenvalue weighted by molar-refractivity contribution is 7.80. The van der Waals surface area contributed by atoms with E-state index >= 15 is 0 Å². The van der Waals surface area contributed by atoms with E-state index in [-0.39, 0.29) is 0 Å². The maximum Gasteiger partial charge on any atom is 0.167 e. The van der Waals surface area contributed by atoms with Crippen LogP contribution in [0, 0.1) is 0 Å². The summed E-state index contributed by atoms with van der Waals surface area (Å²) in [5.41, 5.74) is 0. The summed E-state index contributed by atoms with van der Waals surface area (Å²) < 4.78 is 0. The van der Waals surface area contributed by atoms with Crippen LogP contribution < -0.4 is 10.6 Å². The number of hydrogen-bond acceptors (Lipinski definition) is 2. The predicted molar refractivity (Wildman–Crippen MR) is 78.5 cm³/mol. The SMILES string of the molecule is CC(NC(=S)NC1CCCCC1)c1cccs1. The molecule has 1 aromatic heterocycles. The number of thiocarbonyl (C=S) groups is 1. The van der Waals surface area contributed by atoms with Gasteiger partial charge in [-0.3, -0.25) is 0 Å². The van der Waals surface area contributed by atoms with E-state index in [0.717, 1.165) is 5.11 Å². The largest absolute Gasteiger partial charge is 0.360 e. The lowest BCUT2D eigenvalue weighted by atomic mass is 9.96. The van der Waals surface area contributed by atoms with Crippen LogP contribution in [0.5, 0.6) is 0 Å². The zero-order chi connectivity index (χ0) is 12.1. The first kappa shape index (κ1) is 12.8. The Morgan fingerprint density at radius 2 is 2.18 bits per heavy atom. The van der Waals surface area contributed by atoms with E-state index in [1.54, 1.807) is 11.3 Å². The lowest BCUT2D eigenvalue weighted by Gasteiger charge is -2.25. The van der Waals surface area contributed by atoms with Gasteiger partial charge >= 0.3 is 0 Å². The van der Waals surface area contributed by atoms with Crippen molar-refractivity contribution >= 4 is 28.7 Å². The molecule has 1 aliphatic rings. The van der Waals surface area contributed by atoms with Crippen LogP contribution in [-0.2, 0) is 0 Å². The fraction of sp³-hybridized carbons (Fsp3) is 0.615. The molecule has 2 nitrogen and oxygen atoms in total. The molecular weight excluding hydrogens is 248 g/mol. The quantitative estimate of drug-likeness (QED) is 0.819. The topological polar surface area (TPSA) is 24.1 Å². The average Bonchev–Trinajstić information content (AvgIpc) is 2.83. The van der Waals surface area contributed by atoms with Crippen LogP contribution in [0.1, 0.15) is 49.9 Å². The van der Waals surface area contributed by atoms with Crippen molar-refractivity contribution in [1.82, 2.24) is 10.6 Å². The van der Waals surface area contributed by atoms with Crippen LogP contribution in [0.2, 0.25) is 0 Å². The summed E-state index contributed by atoms with van der Waals surface area (Å²) in [6.45, 7) is 2.15. The highest BCUT2D eigenvalue weighted by Crippen LogP contribution is 2.19. The number of rotatable bonds is 3. The second kappa shape index (κ2) is 6.36. The molecule has 1 aromatic rings. The maximum absolute atomic E-state index is 5.37. The van der Waals surface area contributed by atoms with Gasteiger partial charge in [-0.25, -0.2) is 0 Å². The Kier molecular flexibility index (Phi) is 4.80. The summed E-state index contributed by atoms with van der Waals surface area (Å²) in [6.07, 6.45) is 6.57. The third-order valence-electron chi connectivity index (χ3n) is 3.26. The van der Waals surface area contributed by atoms with E-state index in [1.165, 1.54) is 37.0 Å². The van der Waals surface area contributed by atoms with Crippen LogP contribution in [0.4, 0.5) is 0 Å². The van der Waals surface area contributed by atoms with Gasteiger partial charge in [-0.15, -0.1) is 11.3 Å². The van der Waals surface area contributed by atoms with Crippen molar-refractivity contribution in [2.75, 3.05) is 0 Å². The predicted octanol–water partition coefficient (Wildman–Crippen LogP) is 3.61. The molecule has 0 saturated heterocycles. The minimum absolute atomic E-state index is 0.304. The van der Waals surface area contributed by atoms with Gasteiger partial charge in [0.2, 0.25) is 0 Å². The molecule has 0 amide bonds. The molecule has 0 aromatic carbocycles. The van der Waals surface area contributed by atoms with Crippen LogP contribution in [-0.4, -0.2) is 11.2 Å². The number of thiophene rings is 1. The first-order valence-corrected chi connectivity index (χ1v) is 7.65. The maximum atomic E-state index is 5.37. The van der Waals surface area contributed by atoms with Gasteiger partial charge in [-0.1, -0.05) is 25.3 Å². The Hall–Kier alpha value is -0.610. The smallest absolute Gasteiger partial charge is 0.167 e. The summed E-state index contributed by atoms with van der Waals surface area (Å²) in [5.74, 6) is 0. The molecule has 2 rings (SSSR count). The molecule has 2 N–H and O–H groups in total. The number of hydrogen-bond donors (Lipinski definition) is 2. The summed E-state index contributed by atoms with van der Waals surface area (Å²) in [5, 5.41) is 9.70. The molecule has 1 heterocycles. The fourth-order valence-corrected chi connectivity index (χ4v) is 3.36. The Morgan fingerprint density at radius 3 is 2.82 bits per heavy atom. The summed E-state index contributed by atoms with van der Waals surface area (Å²) in [4.78, 5) is 1.33. The minimum atomic E-state index is 0.304. The van der Waals surface area contributed by atoms with Gasteiger partial charge in [0.1, 0.15) is 0 Å². The molecule has 0 bridgehead atoms. The normalized spacial score (nSPS) is 18.6. The molecule has 0 spiro atoms. The zero-order valence-corrected chi connectivity index (χ0v) is 11.9. The lowest BCUT2D eigenvalue weighted by molar-refractivity contribution is 0.411. The fourth-order valence-electron chi connectivity index (χ4n) is 2.28. The summed E-state index contributed by atoms with van der Waals surface area (Å²) in [7, 11) is 0. The van der Waals surface area contributed by atoms with Gasteiger partial charge < -0.3 is 10.6 Å². The van der Waals surface area contributed by atoms with Crippen molar-refractivity contribution in [2.45, 2.75) is 51.1 Å². The van der Waals surface area contributed by atoms with Crippen molar-refractivity contribution in [1.29, 1.82) is 0 Å². The molecule has 1 saturated carbocycles. The second-order valence-corrected chi connectivity index (χ2v) is 6.08. The Morgan fingerprint density at radius 1 is 1.41 bits per heavy atom. The molecule has 17 heavy (non-hydrogen) atoms. The van der Waals surface area contributed by atoms with Gasteiger partial charge in [0.15, 0.2) is 5.11 Å². The lowest BCUT2D eigenvalue weighted by Crippen LogP contribution is -2.43. The molecule has 0 radical (unpaired) electrons. The zero-order valence-electron chi connectivity index (χ0n) is 10.2. The third-order valence-corrected chi connectivity index (χ3v) is 4.55. The van der Waals surface area contributed by atoms with Gasteiger partial charge in [-0.2, -0.15) is 0 Å². The van der Waals surface area contributed by atoms with E-state index in [0.29, 0.717) is 12.1 Å².